The molecule has 30 heavy (non-hydrogen) atoms. The van der Waals surface area contributed by atoms with E-state index in [1.807, 2.05) is 74.6 Å². The molecule has 0 saturated heterocycles. The SMILES string of the molecule is CC(C)n1c(=O)c2c(-c3nnn(C#N)c3-c3ccccc3)ncn2c2ccccc21. The highest BCUT2D eigenvalue weighted by atomic mass is 16.1. The predicted octanol–water partition coefficient (Wildman–Crippen LogP) is 3.48. The monoisotopic (exact) mass is 395 g/mol. The summed E-state index contributed by atoms with van der Waals surface area (Å²) in [6.45, 7) is 3.95. The van der Waals surface area contributed by atoms with Crippen molar-refractivity contribution in [2.75, 3.05) is 0 Å². The second-order valence-electron chi connectivity index (χ2n) is 7.23. The van der Waals surface area contributed by atoms with Crippen LogP contribution in [0.5, 0.6) is 0 Å². The Bertz CT molecular complexity index is 1500. The van der Waals surface area contributed by atoms with E-state index in [0.717, 1.165) is 21.3 Å². The van der Waals surface area contributed by atoms with Gasteiger partial charge in [0.15, 0.2) is 0 Å². The lowest BCUT2D eigenvalue weighted by Gasteiger charge is -2.15. The Labute approximate surface area is 171 Å². The molecule has 0 N–H and O–H groups in total. The van der Waals surface area contributed by atoms with Crippen LogP contribution in [0.3, 0.4) is 0 Å². The molecule has 3 aromatic heterocycles. The molecule has 146 valence electrons. The number of hydrogen-bond donors (Lipinski definition) is 0. The highest BCUT2D eigenvalue weighted by Crippen LogP contribution is 2.31. The Kier molecular flexibility index (Phi) is 3.96. The maximum Gasteiger partial charge on any atom is 0.277 e. The number of rotatable bonds is 3. The normalized spacial score (nSPS) is 11.4. The number of fused-ring (bicyclic) bond motifs is 3. The lowest BCUT2D eigenvalue weighted by Crippen LogP contribution is -2.24. The van der Waals surface area contributed by atoms with Crippen molar-refractivity contribution < 1.29 is 0 Å². The number of nitriles is 1. The largest absolute Gasteiger partial charge is 0.302 e. The Morgan fingerprint density at radius 2 is 1.67 bits per heavy atom. The smallest absolute Gasteiger partial charge is 0.277 e. The minimum absolute atomic E-state index is 0.0430. The topological polar surface area (TPSA) is 93.8 Å². The van der Waals surface area contributed by atoms with E-state index in [1.165, 1.54) is 0 Å². The molecule has 3 heterocycles. The average molecular weight is 395 g/mol. The van der Waals surface area contributed by atoms with Crippen LogP contribution in [-0.2, 0) is 0 Å². The highest BCUT2D eigenvalue weighted by molar-refractivity contribution is 5.88. The lowest BCUT2D eigenvalue weighted by molar-refractivity contribution is 0.601. The third kappa shape index (κ3) is 2.46. The number of imidazole rings is 1. The molecule has 0 aliphatic rings. The van der Waals surface area contributed by atoms with E-state index in [4.69, 9.17) is 0 Å². The molecule has 0 spiro atoms. The van der Waals surface area contributed by atoms with Crippen LogP contribution in [0.15, 0.2) is 65.7 Å². The second-order valence-corrected chi connectivity index (χ2v) is 7.23. The Morgan fingerprint density at radius 1 is 0.967 bits per heavy atom. The third-order valence-electron chi connectivity index (χ3n) is 5.14. The van der Waals surface area contributed by atoms with Gasteiger partial charge in [-0.25, -0.2) is 4.98 Å². The zero-order valence-corrected chi connectivity index (χ0v) is 16.4. The number of benzene rings is 2. The average Bonchev–Trinajstić information content (AvgIpc) is 3.38. The van der Waals surface area contributed by atoms with Gasteiger partial charge in [-0.1, -0.05) is 47.7 Å². The summed E-state index contributed by atoms with van der Waals surface area (Å²) >= 11 is 0. The first kappa shape index (κ1) is 17.8. The minimum Gasteiger partial charge on any atom is -0.302 e. The van der Waals surface area contributed by atoms with Gasteiger partial charge >= 0.3 is 0 Å². The van der Waals surface area contributed by atoms with E-state index in [2.05, 4.69) is 15.3 Å². The number of hydrogen-bond acceptors (Lipinski definition) is 5. The molecule has 0 unspecified atom stereocenters. The van der Waals surface area contributed by atoms with E-state index < -0.39 is 0 Å². The first-order valence-electron chi connectivity index (χ1n) is 9.53. The van der Waals surface area contributed by atoms with Gasteiger partial charge in [-0.2, -0.15) is 5.26 Å². The maximum atomic E-state index is 13.5. The van der Waals surface area contributed by atoms with E-state index in [0.29, 0.717) is 22.6 Å². The summed E-state index contributed by atoms with van der Waals surface area (Å²) < 4.78 is 4.69. The lowest BCUT2D eigenvalue weighted by atomic mass is 10.1. The quantitative estimate of drug-likeness (QED) is 0.466. The first-order valence-corrected chi connectivity index (χ1v) is 9.53. The standard InChI is InChI=1S/C22H17N7O/c1-14(2)29-17-11-7-6-10-16(17)27-13-24-18(21(27)22(29)30)19-20(28(12-23)26-25-19)15-8-4-3-5-9-15/h3-11,13-14H,1-2H3. The molecule has 5 aromatic rings. The molecule has 2 aromatic carbocycles. The maximum absolute atomic E-state index is 13.5. The molecule has 0 aliphatic carbocycles. The van der Waals surface area contributed by atoms with Crippen molar-refractivity contribution in [1.82, 2.24) is 28.9 Å². The first-order chi connectivity index (χ1) is 14.6. The number of aromatic nitrogens is 6. The zero-order valence-electron chi connectivity index (χ0n) is 16.4. The molecule has 0 atom stereocenters. The van der Waals surface area contributed by atoms with Crippen LogP contribution in [0, 0.1) is 11.5 Å². The van der Waals surface area contributed by atoms with Crippen molar-refractivity contribution in [3.05, 3.63) is 71.3 Å². The third-order valence-corrected chi connectivity index (χ3v) is 5.14. The van der Waals surface area contributed by atoms with Gasteiger partial charge in [0.25, 0.3) is 5.56 Å². The molecule has 0 radical (unpaired) electrons. The van der Waals surface area contributed by atoms with Gasteiger partial charge in [0, 0.05) is 11.6 Å². The molecule has 5 rings (SSSR count). The highest BCUT2D eigenvalue weighted by Gasteiger charge is 2.24. The van der Waals surface area contributed by atoms with Crippen LogP contribution in [-0.4, -0.2) is 28.9 Å². The summed E-state index contributed by atoms with van der Waals surface area (Å²) in [5.74, 6) is 0. The van der Waals surface area contributed by atoms with Crippen molar-refractivity contribution >= 4 is 16.6 Å². The van der Waals surface area contributed by atoms with Gasteiger partial charge in [0.2, 0.25) is 6.19 Å². The van der Waals surface area contributed by atoms with Crippen molar-refractivity contribution in [3.8, 4) is 28.8 Å². The Hall–Kier alpha value is -4.25. The minimum atomic E-state index is -0.165. The zero-order chi connectivity index (χ0) is 20.8. The van der Waals surface area contributed by atoms with E-state index in [1.54, 1.807) is 15.3 Å². The molecule has 8 nitrogen and oxygen atoms in total. The molecule has 0 amide bonds. The summed E-state index contributed by atoms with van der Waals surface area (Å²) in [5, 5.41) is 17.7. The van der Waals surface area contributed by atoms with Gasteiger partial charge < -0.3 is 4.57 Å². The van der Waals surface area contributed by atoms with Crippen molar-refractivity contribution in [2.45, 2.75) is 19.9 Å². The van der Waals surface area contributed by atoms with Gasteiger partial charge in [0.1, 0.15) is 28.9 Å². The summed E-state index contributed by atoms with van der Waals surface area (Å²) in [4.78, 5) is 18.1. The molecule has 0 aliphatic heterocycles. The summed E-state index contributed by atoms with van der Waals surface area (Å²) in [5.41, 5.74) is 4.01. The van der Waals surface area contributed by atoms with Crippen molar-refractivity contribution in [2.24, 2.45) is 0 Å². The predicted molar refractivity (Wildman–Crippen MR) is 113 cm³/mol. The van der Waals surface area contributed by atoms with Crippen LogP contribution in [0.2, 0.25) is 0 Å². The van der Waals surface area contributed by atoms with Crippen LogP contribution in [0.1, 0.15) is 19.9 Å². The fraction of sp³-hybridized carbons (Fsp3) is 0.136. The van der Waals surface area contributed by atoms with Crippen molar-refractivity contribution in [3.63, 3.8) is 0 Å². The molecule has 0 fully saturated rings. The van der Waals surface area contributed by atoms with Gasteiger partial charge in [-0.05, 0) is 26.0 Å². The van der Waals surface area contributed by atoms with E-state index in [9.17, 15) is 10.1 Å². The van der Waals surface area contributed by atoms with Crippen LogP contribution in [0.25, 0.3) is 39.2 Å². The van der Waals surface area contributed by atoms with Crippen LogP contribution in [0.4, 0.5) is 0 Å². The summed E-state index contributed by atoms with van der Waals surface area (Å²) in [6.07, 6.45) is 3.65. The van der Waals surface area contributed by atoms with E-state index in [-0.39, 0.29) is 11.6 Å². The van der Waals surface area contributed by atoms with Gasteiger partial charge in [-0.3, -0.25) is 9.20 Å². The molecule has 8 heteroatoms. The molecule has 0 saturated carbocycles. The fourth-order valence-corrected chi connectivity index (χ4v) is 3.88. The van der Waals surface area contributed by atoms with E-state index >= 15 is 0 Å². The fourth-order valence-electron chi connectivity index (χ4n) is 3.88. The molecular weight excluding hydrogens is 378 g/mol. The van der Waals surface area contributed by atoms with Crippen molar-refractivity contribution in [1.29, 1.82) is 5.26 Å². The second kappa shape index (κ2) is 6.67. The van der Waals surface area contributed by atoms with Crippen LogP contribution >= 0.6 is 0 Å². The summed E-state index contributed by atoms with van der Waals surface area (Å²) in [7, 11) is 0. The molecular formula is C22H17N7O. The number of nitrogens with zero attached hydrogens (tertiary/aromatic N) is 7. The van der Waals surface area contributed by atoms with Crippen LogP contribution < -0.4 is 5.56 Å². The van der Waals surface area contributed by atoms with Gasteiger partial charge in [0.05, 0.1) is 11.0 Å². The Balaban J connectivity index is 1.91. The Morgan fingerprint density at radius 3 is 2.37 bits per heavy atom. The molecule has 0 bridgehead atoms. The summed E-state index contributed by atoms with van der Waals surface area (Å²) in [6, 6.07) is 17.1. The number of para-hydroxylation sites is 2. The van der Waals surface area contributed by atoms with Gasteiger partial charge in [-0.15, -0.1) is 9.78 Å².